The summed E-state index contributed by atoms with van der Waals surface area (Å²) in [6.45, 7) is 0. The minimum atomic E-state index is -1.54. The van der Waals surface area contributed by atoms with Crippen LogP contribution in [0.25, 0.3) is 10.4 Å². The number of nitrogens with two attached hydrogens (primary N) is 1. The Morgan fingerprint density at radius 2 is 1.79 bits per heavy atom. The molecule has 19 heavy (non-hydrogen) atoms. The molecule has 7 heteroatoms. The zero-order chi connectivity index (χ0) is 14.2. The fourth-order valence-corrected chi connectivity index (χ4v) is 2.48. The number of nitrogen functional groups attached to an aromatic ring is 1. The van der Waals surface area contributed by atoms with Crippen LogP contribution in [-0.2, 0) is 4.74 Å². The molecule has 0 atom stereocenters. The van der Waals surface area contributed by atoms with Gasteiger partial charge in [0.1, 0.15) is 4.88 Å². The molecule has 1 aromatic heterocycles. The van der Waals surface area contributed by atoms with Crippen molar-refractivity contribution in [1.82, 2.24) is 0 Å². The van der Waals surface area contributed by atoms with Crippen LogP contribution >= 0.6 is 11.3 Å². The fourth-order valence-electron chi connectivity index (χ4n) is 1.50. The Hall–Kier alpha value is -2.02. The van der Waals surface area contributed by atoms with Crippen molar-refractivity contribution in [2.75, 3.05) is 12.8 Å². The van der Waals surface area contributed by atoms with Crippen molar-refractivity contribution < 1.29 is 22.7 Å². The van der Waals surface area contributed by atoms with E-state index in [1.54, 1.807) is 0 Å². The lowest BCUT2D eigenvalue weighted by molar-refractivity contribution is 0.0607. The van der Waals surface area contributed by atoms with E-state index in [-0.39, 0.29) is 16.1 Å². The van der Waals surface area contributed by atoms with E-state index in [2.05, 4.69) is 4.74 Å². The summed E-state index contributed by atoms with van der Waals surface area (Å²) in [6, 6.07) is 3.05. The standard InChI is InChI=1S/C12H8F3NO2S/c1-18-12(17)11-8(16)4-9(19-11)5-2-6(13)10(15)7(14)3-5/h2-4H,16H2,1H3. The molecule has 2 aromatic rings. The van der Waals surface area contributed by atoms with Crippen LogP contribution < -0.4 is 5.73 Å². The predicted molar refractivity (Wildman–Crippen MR) is 65.4 cm³/mol. The molecule has 0 saturated heterocycles. The summed E-state index contributed by atoms with van der Waals surface area (Å²) in [5.41, 5.74) is 5.85. The molecule has 0 amide bonds. The maximum absolute atomic E-state index is 13.1. The van der Waals surface area contributed by atoms with Gasteiger partial charge in [-0.05, 0) is 23.8 Å². The third-order valence-corrected chi connectivity index (χ3v) is 3.58. The summed E-state index contributed by atoms with van der Waals surface area (Å²) in [4.78, 5) is 11.8. The number of rotatable bonds is 2. The zero-order valence-electron chi connectivity index (χ0n) is 9.67. The molecule has 2 rings (SSSR count). The van der Waals surface area contributed by atoms with Crippen LogP contribution in [0.2, 0.25) is 0 Å². The smallest absolute Gasteiger partial charge is 0.350 e. The van der Waals surface area contributed by atoms with Gasteiger partial charge < -0.3 is 10.5 Å². The highest BCUT2D eigenvalue weighted by Gasteiger charge is 2.18. The predicted octanol–water partition coefficient (Wildman–Crippen LogP) is 3.20. The Bertz CT molecular complexity index is 631. The summed E-state index contributed by atoms with van der Waals surface area (Å²) < 4.78 is 43.6. The molecule has 0 unspecified atom stereocenters. The number of methoxy groups -OCH3 is 1. The van der Waals surface area contributed by atoms with Crippen molar-refractivity contribution in [1.29, 1.82) is 0 Å². The number of carbonyl (C=O) groups excluding carboxylic acids is 1. The molecule has 0 saturated carbocycles. The second-order valence-electron chi connectivity index (χ2n) is 3.64. The summed E-state index contributed by atoms with van der Waals surface area (Å²) >= 11 is 0.913. The highest BCUT2D eigenvalue weighted by Crippen LogP contribution is 2.34. The quantitative estimate of drug-likeness (QED) is 0.681. The molecular weight excluding hydrogens is 279 g/mol. The number of anilines is 1. The van der Waals surface area contributed by atoms with Gasteiger partial charge in [0.2, 0.25) is 0 Å². The maximum Gasteiger partial charge on any atom is 0.350 e. The SMILES string of the molecule is COC(=O)c1sc(-c2cc(F)c(F)c(F)c2)cc1N. The number of benzene rings is 1. The van der Waals surface area contributed by atoms with Crippen molar-refractivity contribution in [3.8, 4) is 10.4 Å². The van der Waals surface area contributed by atoms with Gasteiger partial charge in [-0.3, -0.25) is 0 Å². The van der Waals surface area contributed by atoms with Crippen LogP contribution in [0.5, 0.6) is 0 Å². The van der Waals surface area contributed by atoms with E-state index >= 15 is 0 Å². The van der Waals surface area contributed by atoms with Crippen LogP contribution in [0.1, 0.15) is 9.67 Å². The number of ether oxygens (including phenoxy) is 1. The second kappa shape index (κ2) is 4.93. The van der Waals surface area contributed by atoms with Gasteiger partial charge in [-0.2, -0.15) is 0 Å². The summed E-state index contributed by atoms with van der Waals surface area (Å²) in [5.74, 6) is -4.79. The maximum atomic E-state index is 13.1. The molecule has 1 heterocycles. The van der Waals surface area contributed by atoms with E-state index in [9.17, 15) is 18.0 Å². The van der Waals surface area contributed by atoms with Gasteiger partial charge in [-0.25, -0.2) is 18.0 Å². The lowest BCUT2D eigenvalue weighted by atomic mass is 10.1. The molecule has 0 bridgehead atoms. The number of hydrogen-bond acceptors (Lipinski definition) is 4. The molecule has 0 fully saturated rings. The van der Waals surface area contributed by atoms with Crippen molar-refractivity contribution in [3.63, 3.8) is 0 Å². The fraction of sp³-hybridized carbons (Fsp3) is 0.0833. The first-order valence-corrected chi connectivity index (χ1v) is 5.88. The average molecular weight is 287 g/mol. The number of esters is 1. The van der Waals surface area contributed by atoms with Crippen LogP contribution in [0.15, 0.2) is 18.2 Å². The molecule has 0 aliphatic heterocycles. The molecule has 0 aliphatic rings. The third kappa shape index (κ3) is 2.41. The minimum absolute atomic E-state index is 0.100. The van der Waals surface area contributed by atoms with Crippen molar-refractivity contribution in [2.45, 2.75) is 0 Å². The van der Waals surface area contributed by atoms with Gasteiger partial charge in [0.05, 0.1) is 12.8 Å². The summed E-state index contributed by atoms with van der Waals surface area (Å²) in [5, 5.41) is 0. The molecule has 0 aliphatic carbocycles. The average Bonchev–Trinajstić information content (AvgIpc) is 2.76. The molecule has 100 valence electrons. The van der Waals surface area contributed by atoms with Gasteiger partial charge in [0.15, 0.2) is 17.5 Å². The van der Waals surface area contributed by atoms with Gasteiger partial charge >= 0.3 is 5.97 Å². The van der Waals surface area contributed by atoms with E-state index in [0.29, 0.717) is 4.88 Å². The van der Waals surface area contributed by atoms with Crippen LogP contribution in [0, 0.1) is 17.5 Å². The minimum Gasteiger partial charge on any atom is -0.465 e. The summed E-state index contributed by atoms with van der Waals surface area (Å²) in [7, 11) is 1.19. The number of thiophene rings is 1. The van der Waals surface area contributed by atoms with E-state index in [4.69, 9.17) is 5.73 Å². The Labute approximate surface area is 110 Å². The Morgan fingerprint density at radius 1 is 1.21 bits per heavy atom. The van der Waals surface area contributed by atoms with Gasteiger partial charge in [-0.1, -0.05) is 0 Å². The van der Waals surface area contributed by atoms with Crippen LogP contribution in [0.3, 0.4) is 0 Å². The largest absolute Gasteiger partial charge is 0.465 e. The molecule has 3 nitrogen and oxygen atoms in total. The monoisotopic (exact) mass is 287 g/mol. The lowest BCUT2D eigenvalue weighted by Gasteiger charge is -2.00. The van der Waals surface area contributed by atoms with Crippen LogP contribution in [-0.4, -0.2) is 13.1 Å². The Balaban J connectivity index is 2.51. The zero-order valence-corrected chi connectivity index (χ0v) is 10.5. The summed E-state index contributed by atoms with van der Waals surface area (Å²) in [6.07, 6.45) is 0. The first kappa shape index (κ1) is 13.4. The first-order valence-electron chi connectivity index (χ1n) is 5.06. The molecular formula is C12H8F3NO2S. The topological polar surface area (TPSA) is 52.3 Å². The van der Waals surface area contributed by atoms with E-state index in [1.807, 2.05) is 0 Å². The number of carbonyl (C=O) groups is 1. The first-order chi connectivity index (χ1) is 8.93. The Kier molecular flexibility index (Phi) is 3.48. The highest BCUT2D eigenvalue weighted by molar-refractivity contribution is 7.18. The molecule has 1 aromatic carbocycles. The van der Waals surface area contributed by atoms with Crippen LogP contribution in [0.4, 0.5) is 18.9 Å². The van der Waals surface area contributed by atoms with Crippen molar-refractivity contribution in [2.24, 2.45) is 0 Å². The van der Waals surface area contributed by atoms with E-state index in [0.717, 1.165) is 23.5 Å². The van der Waals surface area contributed by atoms with E-state index < -0.39 is 23.4 Å². The molecule has 0 radical (unpaired) electrons. The van der Waals surface area contributed by atoms with Crippen molar-refractivity contribution in [3.05, 3.63) is 40.5 Å². The normalized spacial score (nSPS) is 10.5. The van der Waals surface area contributed by atoms with Gasteiger partial charge in [-0.15, -0.1) is 11.3 Å². The Morgan fingerprint density at radius 3 is 2.32 bits per heavy atom. The number of halogens is 3. The number of hydrogen-bond donors (Lipinski definition) is 1. The third-order valence-electron chi connectivity index (χ3n) is 2.40. The van der Waals surface area contributed by atoms with Crippen molar-refractivity contribution >= 4 is 23.0 Å². The molecule has 2 N–H and O–H groups in total. The molecule has 0 spiro atoms. The second-order valence-corrected chi connectivity index (χ2v) is 4.69. The lowest BCUT2D eigenvalue weighted by Crippen LogP contribution is -2.00. The van der Waals surface area contributed by atoms with Gasteiger partial charge in [0.25, 0.3) is 0 Å². The van der Waals surface area contributed by atoms with E-state index in [1.165, 1.54) is 13.2 Å². The highest BCUT2D eigenvalue weighted by atomic mass is 32.1. The van der Waals surface area contributed by atoms with Gasteiger partial charge in [0, 0.05) is 4.88 Å².